The molecular formula is C17H28N4O2. The monoisotopic (exact) mass is 320 g/mol. The number of rotatable bonds is 5. The van der Waals surface area contributed by atoms with Gasteiger partial charge in [0.1, 0.15) is 12.1 Å². The predicted octanol–water partition coefficient (Wildman–Crippen LogP) is 1.30. The van der Waals surface area contributed by atoms with Gasteiger partial charge in [0.15, 0.2) is 0 Å². The second-order valence-electron chi connectivity index (χ2n) is 6.85. The molecule has 0 bridgehead atoms. The van der Waals surface area contributed by atoms with Crippen LogP contribution in [-0.4, -0.2) is 65.4 Å². The highest BCUT2D eigenvalue weighted by Crippen LogP contribution is 2.36. The van der Waals surface area contributed by atoms with Crippen LogP contribution in [0.2, 0.25) is 0 Å². The fourth-order valence-electron chi connectivity index (χ4n) is 3.88. The Balaban J connectivity index is 1.71. The summed E-state index contributed by atoms with van der Waals surface area (Å²) in [6.45, 7) is 7.55. The lowest BCUT2D eigenvalue weighted by Crippen LogP contribution is -2.60. The summed E-state index contributed by atoms with van der Waals surface area (Å²) < 4.78 is 5.16. The number of fused-ring (bicyclic) bond motifs is 1. The number of aromatic nitrogens is 2. The van der Waals surface area contributed by atoms with Crippen LogP contribution in [-0.2, 0) is 11.3 Å². The number of methoxy groups -OCH3 is 1. The molecule has 0 amide bonds. The van der Waals surface area contributed by atoms with Gasteiger partial charge in [-0.05, 0) is 25.8 Å². The first-order chi connectivity index (χ1) is 11.1. The zero-order chi connectivity index (χ0) is 16.3. The summed E-state index contributed by atoms with van der Waals surface area (Å²) in [5, 5.41) is 11.0. The van der Waals surface area contributed by atoms with Gasteiger partial charge in [0.2, 0.25) is 0 Å². The third kappa shape index (κ3) is 3.65. The van der Waals surface area contributed by atoms with Crippen LogP contribution >= 0.6 is 0 Å². The van der Waals surface area contributed by atoms with Crippen LogP contribution < -0.4 is 4.90 Å². The van der Waals surface area contributed by atoms with Gasteiger partial charge >= 0.3 is 0 Å². The lowest BCUT2D eigenvalue weighted by molar-refractivity contribution is -0.0830. The molecule has 23 heavy (non-hydrogen) atoms. The summed E-state index contributed by atoms with van der Waals surface area (Å²) in [6, 6.07) is 2.00. The fourth-order valence-corrected chi connectivity index (χ4v) is 3.88. The standard InChI is InChI=1S/C17H28N4O2/c1-3-6-20-7-4-17(22)5-8-21(11-14(17)10-20)16-9-15(12-23-2)18-13-19-16/h9,13-14,22H,3-8,10-12H2,1-2H3/t14-,17-/m0/s1. The number of ether oxygens (including phenoxy) is 1. The highest BCUT2D eigenvalue weighted by molar-refractivity contribution is 5.40. The highest BCUT2D eigenvalue weighted by Gasteiger charge is 2.45. The minimum absolute atomic E-state index is 0.289. The summed E-state index contributed by atoms with van der Waals surface area (Å²) in [5.41, 5.74) is 0.401. The van der Waals surface area contributed by atoms with E-state index >= 15 is 0 Å². The van der Waals surface area contributed by atoms with Gasteiger partial charge in [-0.1, -0.05) is 6.92 Å². The third-order valence-corrected chi connectivity index (χ3v) is 5.22. The molecule has 1 aromatic heterocycles. The second kappa shape index (κ2) is 7.11. The first-order valence-corrected chi connectivity index (χ1v) is 8.64. The van der Waals surface area contributed by atoms with Crippen molar-refractivity contribution in [3.05, 3.63) is 18.1 Å². The first kappa shape index (κ1) is 16.6. The number of likely N-dealkylation sites (tertiary alicyclic amines) is 1. The van der Waals surface area contributed by atoms with E-state index in [0.29, 0.717) is 6.61 Å². The van der Waals surface area contributed by atoms with Crippen molar-refractivity contribution in [2.24, 2.45) is 5.92 Å². The Labute approximate surface area is 138 Å². The smallest absolute Gasteiger partial charge is 0.132 e. The lowest BCUT2D eigenvalue weighted by Gasteiger charge is -2.50. The fraction of sp³-hybridized carbons (Fsp3) is 0.765. The maximum atomic E-state index is 11.0. The number of nitrogens with zero attached hydrogens (tertiary/aromatic N) is 4. The van der Waals surface area contributed by atoms with E-state index in [1.54, 1.807) is 13.4 Å². The maximum absolute atomic E-state index is 11.0. The zero-order valence-corrected chi connectivity index (χ0v) is 14.2. The highest BCUT2D eigenvalue weighted by atomic mass is 16.5. The van der Waals surface area contributed by atoms with Crippen molar-refractivity contribution in [2.45, 2.75) is 38.4 Å². The van der Waals surface area contributed by atoms with Crippen LogP contribution in [0.1, 0.15) is 31.9 Å². The van der Waals surface area contributed by atoms with E-state index in [1.165, 1.54) is 6.42 Å². The third-order valence-electron chi connectivity index (χ3n) is 5.22. The molecule has 0 radical (unpaired) electrons. The molecule has 2 aliphatic rings. The minimum Gasteiger partial charge on any atom is -0.389 e. The Kier molecular flexibility index (Phi) is 5.14. The molecule has 0 unspecified atom stereocenters. The van der Waals surface area contributed by atoms with E-state index in [1.807, 2.05) is 6.07 Å². The van der Waals surface area contributed by atoms with Crippen molar-refractivity contribution < 1.29 is 9.84 Å². The van der Waals surface area contributed by atoms with E-state index in [-0.39, 0.29) is 5.92 Å². The summed E-state index contributed by atoms with van der Waals surface area (Å²) in [6.07, 6.45) is 4.49. The summed E-state index contributed by atoms with van der Waals surface area (Å²) in [7, 11) is 1.67. The maximum Gasteiger partial charge on any atom is 0.132 e. The van der Waals surface area contributed by atoms with Crippen molar-refractivity contribution in [2.75, 3.05) is 44.7 Å². The van der Waals surface area contributed by atoms with E-state index in [4.69, 9.17) is 4.74 Å². The second-order valence-corrected chi connectivity index (χ2v) is 6.85. The molecule has 0 aliphatic carbocycles. The van der Waals surface area contributed by atoms with Crippen molar-refractivity contribution in [1.82, 2.24) is 14.9 Å². The number of anilines is 1. The van der Waals surface area contributed by atoms with Gasteiger partial charge in [-0.25, -0.2) is 9.97 Å². The number of hydrogen-bond acceptors (Lipinski definition) is 6. The number of hydrogen-bond donors (Lipinski definition) is 1. The zero-order valence-electron chi connectivity index (χ0n) is 14.2. The lowest BCUT2D eigenvalue weighted by atomic mass is 9.75. The van der Waals surface area contributed by atoms with Crippen LogP contribution in [0.3, 0.4) is 0 Å². The number of piperidine rings is 2. The Bertz CT molecular complexity index is 527. The molecule has 6 nitrogen and oxygen atoms in total. The van der Waals surface area contributed by atoms with Crippen LogP contribution in [0.15, 0.2) is 12.4 Å². The Morgan fingerprint density at radius 3 is 2.91 bits per heavy atom. The molecule has 0 aromatic carbocycles. The van der Waals surface area contributed by atoms with Crippen LogP contribution in [0, 0.1) is 5.92 Å². The summed E-state index contributed by atoms with van der Waals surface area (Å²) in [5.74, 6) is 1.24. The van der Waals surface area contributed by atoms with Crippen molar-refractivity contribution in [3.63, 3.8) is 0 Å². The molecule has 2 atom stereocenters. The molecule has 0 saturated carbocycles. The molecule has 3 rings (SSSR count). The van der Waals surface area contributed by atoms with E-state index in [0.717, 1.165) is 57.1 Å². The van der Waals surface area contributed by atoms with Gasteiger partial charge in [-0.2, -0.15) is 0 Å². The average molecular weight is 320 g/mol. The topological polar surface area (TPSA) is 61.7 Å². The molecule has 1 N–H and O–H groups in total. The van der Waals surface area contributed by atoms with Crippen molar-refractivity contribution in [3.8, 4) is 0 Å². The number of aliphatic hydroxyl groups is 1. The molecular weight excluding hydrogens is 292 g/mol. The summed E-state index contributed by atoms with van der Waals surface area (Å²) in [4.78, 5) is 13.4. The minimum atomic E-state index is -0.497. The molecule has 3 heterocycles. The van der Waals surface area contributed by atoms with Gasteiger partial charge in [0.05, 0.1) is 17.9 Å². The van der Waals surface area contributed by atoms with E-state index in [9.17, 15) is 5.11 Å². The molecule has 2 fully saturated rings. The first-order valence-electron chi connectivity index (χ1n) is 8.64. The normalized spacial score (nSPS) is 28.7. The van der Waals surface area contributed by atoms with Crippen LogP contribution in [0.5, 0.6) is 0 Å². The van der Waals surface area contributed by atoms with Gasteiger partial charge in [-0.3, -0.25) is 0 Å². The predicted molar refractivity (Wildman–Crippen MR) is 89.4 cm³/mol. The van der Waals surface area contributed by atoms with Gasteiger partial charge in [-0.15, -0.1) is 0 Å². The van der Waals surface area contributed by atoms with Gasteiger partial charge in [0, 0.05) is 45.3 Å². The van der Waals surface area contributed by atoms with Gasteiger partial charge in [0.25, 0.3) is 0 Å². The molecule has 2 saturated heterocycles. The van der Waals surface area contributed by atoms with Gasteiger partial charge < -0.3 is 19.6 Å². The molecule has 0 spiro atoms. The molecule has 128 valence electrons. The van der Waals surface area contributed by atoms with E-state index in [2.05, 4.69) is 26.7 Å². The Morgan fingerprint density at radius 1 is 1.30 bits per heavy atom. The van der Waals surface area contributed by atoms with Crippen molar-refractivity contribution in [1.29, 1.82) is 0 Å². The van der Waals surface area contributed by atoms with Crippen molar-refractivity contribution >= 4 is 5.82 Å². The van der Waals surface area contributed by atoms with E-state index < -0.39 is 5.60 Å². The molecule has 6 heteroatoms. The molecule has 1 aromatic rings. The quantitative estimate of drug-likeness (QED) is 0.882. The average Bonchev–Trinajstić information content (AvgIpc) is 2.56. The Hall–Kier alpha value is -1.24. The SMILES string of the molecule is CCCN1CC[C@]2(O)CCN(c3cc(COC)ncn3)C[C@@H]2C1. The Morgan fingerprint density at radius 2 is 2.13 bits per heavy atom. The molecule has 2 aliphatic heterocycles. The summed E-state index contributed by atoms with van der Waals surface area (Å²) >= 11 is 0. The largest absolute Gasteiger partial charge is 0.389 e. The van der Waals surface area contributed by atoms with Crippen LogP contribution in [0.4, 0.5) is 5.82 Å². The van der Waals surface area contributed by atoms with Crippen LogP contribution in [0.25, 0.3) is 0 Å².